The summed E-state index contributed by atoms with van der Waals surface area (Å²) in [7, 11) is 0. The largest absolute Gasteiger partial charge is 0.307 e. The van der Waals surface area contributed by atoms with Crippen molar-refractivity contribution in [2.24, 2.45) is 11.8 Å². The van der Waals surface area contributed by atoms with E-state index in [9.17, 15) is 0 Å². The molecule has 1 aromatic carbocycles. The van der Waals surface area contributed by atoms with Crippen LogP contribution in [-0.4, -0.2) is 6.04 Å². The molecule has 0 spiro atoms. The predicted octanol–water partition coefficient (Wildman–Crippen LogP) is 5.70. The van der Waals surface area contributed by atoms with E-state index in [0.29, 0.717) is 12.1 Å². The summed E-state index contributed by atoms with van der Waals surface area (Å²) in [5.41, 5.74) is 1.37. The molecule has 1 aliphatic rings. The van der Waals surface area contributed by atoms with Gasteiger partial charge in [0.05, 0.1) is 0 Å². The lowest BCUT2D eigenvalue weighted by molar-refractivity contribution is 0.335. The molecule has 2 unspecified atom stereocenters. The second-order valence-corrected chi connectivity index (χ2v) is 7.47. The summed E-state index contributed by atoms with van der Waals surface area (Å²) in [5, 5.41) is 3.85. The molecule has 0 saturated heterocycles. The maximum absolute atomic E-state index is 3.85. The number of nitrogens with one attached hydrogen (secondary N) is 1. The molecule has 1 nitrogen and oxygen atoms in total. The van der Waals surface area contributed by atoms with E-state index in [4.69, 9.17) is 0 Å². The lowest BCUT2D eigenvalue weighted by Gasteiger charge is -2.23. The second-order valence-electron chi connectivity index (χ2n) is 6.62. The Kier molecular flexibility index (Phi) is 6.10. The van der Waals surface area contributed by atoms with E-state index in [2.05, 4.69) is 66.3 Å². The van der Waals surface area contributed by atoms with Crippen LogP contribution in [0.4, 0.5) is 0 Å². The monoisotopic (exact) mass is 337 g/mol. The fraction of sp³-hybridized carbons (Fsp3) is 0.667. The molecule has 0 heterocycles. The lowest BCUT2D eigenvalue weighted by atomic mass is 9.89. The highest BCUT2D eigenvalue weighted by atomic mass is 79.9. The van der Waals surface area contributed by atoms with Crippen molar-refractivity contribution >= 4 is 15.9 Å². The van der Waals surface area contributed by atoms with Gasteiger partial charge in [-0.2, -0.15) is 0 Å². The molecule has 0 aromatic heterocycles. The molecule has 0 radical (unpaired) electrons. The van der Waals surface area contributed by atoms with Gasteiger partial charge in [0.1, 0.15) is 0 Å². The zero-order valence-electron chi connectivity index (χ0n) is 13.0. The van der Waals surface area contributed by atoms with E-state index in [1.807, 2.05) is 0 Å². The summed E-state index contributed by atoms with van der Waals surface area (Å²) < 4.78 is 1.22. The third kappa shape index (κ3) is 4.33. The van der Waals surface area contributed by atoms with Crippen molar-refractivity contribution in [1.82, 2.24) is 5.32 Å². The molecular weight excluding hydrogens is 310 g/mol. The summed E-state index contributed by atoms with van der Waals surface area (Å²) in [6, 6.07) is 9.66. The Morgan fingerprint density at radius 2 is 1.80 bits per heavy atom. The smallest absolute Gasteiger partial charge is 0.0305 e. The maximum atomic E-state index is 3.85. The van der Waals surface area contributed by atoms with Crippen molar-refractivity contribution in [3.63, 3.8) is 0 Å². The third-order valence-corrected chi connectivity index (χ3v) is 5.54. The van der Waals surface area contributed by atoms with Crippen molar-refractivity contribution in [3.05, 3.63) is 34.3 Å². The molecule has 0 amide bonds. The van der Waals surface area contributed by atoms with Crippen LogP contribution in [0.1, 0.15) is 64.5 Å². The van der Waals surface area contributed by atoms with Crippen LogP contribution in [0.15, 0.2) is 28.7 Å². The predicted molar refractivity (Wildman–Crippen MR) is 90.9 cm³/mol. The van der Waals surface area contributed by atoms with Crippen molar-refractivity contribution in [1.29, 1.82) is 0 Å². The molecular formula is C18H28BrN. The van der Waals surface area contributed by atoms with E-state index in [1.54, 1.807) is 0 Å². The summed E-state index contributed by atoms with van der Waals surface area (Å²) >= 11 is 3.67. The van der Waals surface area contributed by atoms with Crippen molar-refractivity contribution in [3.8, 4) is 0 Å². The summed E-state index contributed by atoms with van der Waals surface area (Å²) in [4.78, 5) is 0. The highest BCUT2D eigenvalue weighted by Gasteiger charge is 2.22. The Hall–Kier alpha value is -0.340. The Balaban J connectivity index is 1.92. The van der Waals surface area contributed by atoms with Gasteiger partial charge in [-0.15, -0.1) is 0 Å². The quantitative estimate of drug-likeness (QED) is 0.694. The zero-order chi connectivity index (χ0) is 14.5. The minimum absolute atomic E-state index is 0.422. The molecule has 1 aromatic rings. The fourth-order valence-corrected chi connectivity index (χ4v) is 4.06. The zero-order valence-corrected chi connectivity index (χ0v) is 14.6. The normalized spacial score (nSPS) is 25.4. The van der Waals surface area contributed by atoms with Crippen LogP contribution in [0.3, 0.4) is 0 Å². The van der Waals surface area contributed by atoms with E-state index < -0.39 is 0 Å². The molecule has 1 aliphatic carbocycles. The molecule has 1 saturated carbocycles. The van der Waals surface area contributed by atoms with Crippen LogP contribution in [0, 0.1) is 11.8 Å². The molecule has 20 heavy (non-hydrogen) atoms. The SMILES string of the molecule is CC(C)C1CCCC(N[C@@H](C)c2ccccc2Br)CC1. The van der Waals surface area contributed by atoms with Crippen LogP contribution in [-0.2, 0) is 0 Å². The van der Waals surface area contributed by atoms with Gasteiger partial charge in [0.15, 0.2) is 0 Å². The average molecular weight is 338 g/mol. The molecule has 0 aliphatic heterocycles. The van der Waals surface area contributed by atoms with Gasteiger partial charge in [0.25, 0.3) is 0 Å². The third-order valence-electron chi connectivity index (χ3n) is 4.81. The summed E-state index contributed by atoms with van der Waals surface area (Å²) in [6.45, 7) is 7.04. The van der Waals surface area contributed by atoms with Crippen molar-refractivity contribution < 1.29 is 0 Å². The van der Waals surface area contributed by atoms with Gasteiger partial charge in [-0.1, -0.05) is 60.8 Å². The molecule has 1 N–H and O–H groups in total. The van der Waals surface area contributed by atoms with E-state index >= 15 is 0 Å². The molecule has 1 fully saturated rings. The highest BCUT2D eigenvalue weighted by Crippen LogP contribution is 2.30. The Morgan fingerprint density at radius 1 is 1.05 bits per heavy atom. The fourth-order valence-electron chi connectivity index (χ4n) is 3.43. The van der Waals surface area contributed by atoms with Crippen molar-refractivity contribution in [2.75, 3.05) is 0 Å². The first kappa shape index (κ1) is 16.0. The Bertz CT molecular complexity index is 416. The van der Waals surface area contributed by atoms with Gasteiger partial charge in [0.2, 0.25) is 0 Å². The van der Waals surface area contributed by atoms with Gasteiger partial charge >= 0.3 is 0 Å². The van der Waals surface area contributed by atoms with Gasteiger partial charge in [-0.05, 0) is 49.7 Å². The Morgan fingerprint density at radius 3 is 2.50 bits per heavy atom. The van der Waals surface area contributed by atoms with Gasteiger partial charge in [-0.3, -0.25) is 0 Å². The van der Waals surface area contributed by atoms with E-state index in [0.717, 1.165) is 11.8 Å². The molecule has 2 rings (SSSR count). The summed E-state index contributed by atoms with van der Waals surface area (Å²) in [5.74, 6) is 1.77. The van der Waals surface area contributed by atoms with Crippen LogP contribution in [0.25, 0.3) is 0 Å². The van der Waals surface area contributed by atoms with E-state index in [-0.39, 0.29) is 0 Å². The van der Waals surface area contributed by atoms with Crippen LogP contribution >= 0.6 is 15.9 Å². The van der Waals surface area contributed by atoms with E-state index in [1.165, 1.54) is 42.1 Å². The van der Waals surface area contributed by atoms with Crippen LogP contribution in [0.5, 0.6) is 0 Å². The first-order chi connectivity index (χ1) is 9.58. The maximum Gasteiger partial charge on any atom is 0.0305 e. The number of benzene rings is 1. The number of hydrogen-bond acceptors (Lipinski definition) is 1. The van der Waals surface area contributed by atoms with Crippen LogP contribution < -0.4 is 5.32 Å². The van der Waals surface area contributed by atoms with Gasteiger partial charge in [-0.25, -0.2) is 0 Å². The molecule has 3 atom stereocenters. The molecule has 0 bridgehead atoms. The highest BCUT2D eigenvalue weighted by molar-refractivity contribution is 9.10. The number of rotatable bonds is 4. The standard InChI is InChI=1S/C18H28BrN/c1-13(2)15-7-6-8-16(12-11-15)20-14(3)17-9-4-5-10-18(17)19/h4-5,9-10,13-16,20H,6-8,11-12H2,1-3H3/t14-,15?,16?/m0/s1. The molecule has 2 heteroatoms. The number of halogens is 1. The van der Waals surface area contributed by atoms with Gasteiger partial charge in [0, 0.05) is 16.6 Å². The van der Waals surface area contributed by atoms with Gasteiger partial charge < -0.3 is 5.32 Å². The van der Waals surface area contributed by atoms with Crippen LogP contribution in [0.2, 0.25) is 0 Å². The minimum atomic E-state index is 0.422. The molecule has 112 valence electrons. The second kappa shape index (κ2) is 7.61. The Labute approximate surface area is 132 Å². The number of hydrogen-bond donors (Lipinski definition) is 1. The first-order valence-electron chi connectivity index (χ1n) is 8.08. The lowest BCUT2D eigenvalue weighted by Crippen LogP contribution is -2.31. The topological polar surface area (TPSA) is 12.0 Å². The summed E-state index contributed by atoms with van der Waals surface area (Å²) in [6.07, 6.45) is 6.84. The van der Waals surface area contributed by atoms with Crippen molar-refractivity contribution in [2.45, 2.75) is 65.0 Å². The first-order valence-corrected chi connectivity index (χ1v) is 8.87. The minimum Gasteiger partial charge on any atom is -0.307 e. The average Bonchev–Trinajstić information content (AvgIpc) is 2.65.